The van der Waals surface area contributed by atoms with Crippen LogP contribution in [0.4, 0.5) is 0 Å². The van der Waals surface area contributed by atoms with Crippen LogP contribution >= 0.6 is 11.3 Å². The number of carbonyl (C=O) groups is 1. The maximum atomic E-state index is 13.2. The van der Waals surface area contributed by atoms with Crippen molar-refractivity contribution in [2.75, 3.05) is 0 Å². The van der Waals surface area contributed by atoms with E-state index in [0.29, 0.717) is 12.2 Å². The third kappa shape index (κ3) is 3.97. The Morgan fingerprint density at radius 1 is 1.12 bits per heavy atom. The van der Waals surface area contributed by atoms with E-state index in [0.717, 1.165) is 21.0 Å². The van der Waals surface area contributed by atoms with Crippen LogP contribution in [-0.4, -0.2) is 21.8 Å². The normalized spacial score (nSPS) is 10.9. The van der Waals surface area contributed by atoms with Gasteiger partial charge in [0.05, 0.1) is 9.88 Å². The Kier molecular flexibility index (Phi) is 5.29. The number of nitrogens with zero attached hydrogens (tertiary/aromatic N) is 2. The molecule has 1 atom stereocenters. The summed E-state index contributed by atoms with van der Waals surface area (Å²) >= 11 is 1.55. The van der Waals surface area contributed by atoms with E-state index >= 15 is 0 Å². The molecule has 0 spiro atoms. The van der Waals surface area contributed by atoms with Crippen molar-refractivity contribution < 1.29 is 4.79 Å². The van der Waals surface area contributed by atoms with Gasteiger partial charge in [0.2, 0.25) is 0 Å². The van der Waals surface area contributed by atoms with Crippen molar-refractivity contribution >= 4 is 17.2 Å². The molecule has 2 aromatic carbocycles. The third-order valence-electron chi connectivity index (χ3n) is 3.96. The van der Waals surface area contributed by atoms with E-state index in [1.807, 2.05) is 74.5 Å². The molecule has 3 nitrogen and oxygen atoms in total. The van der Waals surface area contributed by atoms with Gasteiger partial charge in [0.25, 0.3) is 5.91 Å². The first-order chi connectivity index (χ1) is 12.1. The number of hydrogen-bond acceptors (Lipinski definition) is 3. The summed E-state index contributed by atoms with van der Waals surface area (Å²) < 4.78 is 0. The summed E-state index contributed by atoms with van der Waals surface area (Å²) in [4.78, 5) is 20.5. The zero-order valence-electron chi connectivity index (χ0n) is 14.5. The number of thiazole rings is 1. The minimum atomic E-state index is -0.154. The molecule has 4 heteroatoms. The lowest BCUT2D eigenvalue weighted by molar-refractivity contribution is 0.0703. The van der Waals surface area contributed by atoms with Crippen molar-refractivity contribution in [1.82, 2.24) is 9.88 Å². The molecule has 1 aromatic heterocycles. The molecule has 1 amide bonds. The fourth-order valence-electron chi connectivity index (χ4n) is 2.70. The highest BCUT2D eigenvalue weighted by Crippen LogP contribution is 2.31. The third-order valence-corrected chi connectivity index (χ3v) is 4.98. The predicted octanol–water partition coefficient (Wildman–Crippen LogP) is 4.98. The highest BCUT2D eigenvalue weighted by Gasteiger charge is 2.25. The Labute approximate surface area is 153 Å². The lowest BCUT2D eigenvalue weighted by Crippen LogP contribution is -2.37. The van der Waals surface area contributed by atoms with Gasteiger partial charge in [-0.25, -0.2) is 4.98 Å². The summed E-state index contributed by atoms with van der Waals surface area (Å²) in [6.07, 6.45) is 0. The summed E-state index contributed by atoms with van der Waals surface area (Å²) in [5.41, 5.74) is 2.62. The summed E-state index contributed by atoms with van der Waals surface area (Å²) in [6.45, 7) is 8.46. The minimum absolute atomic E-state index is 0.0745. The van der Waals surface area contributed by atoms with Gasteiger partial charge in [0.15, 0.2) is 0 Å². The van der Waals surface area contributed by atoms with Crippen molar-refractivity contribution in [1.29, 1.82) is 0 Å². The van der Waals surface area contributed by atoms with Crippen LogP contribution in [-0.2, 0) is 6.54 Å². The van der Waals surface area contributed by atoms with Crippen molar-refractivity contribution in [3.63, 3.8) is 0 Å². The van der Waals surface area contributed by atoms with Crippen molar-refractivity contribution in [2.45, 2.75) is 26.4 Å². The largest absolute Gasteiger partial charge is 0.330 e. The molecular weight excluding hydrogens is 328 g/mol. The molecule has 25 heavy (non-hydrogen) atoms. The molecule has 0 fully saturated rings. The van der Waals surface area contributed by atoms with Crippen LogP contribution in [0.5, 0.6) is 0 Å². The number of amides is 1. The Morgan fingerprint density at radius 3 is 2.32 bits per heavy atom. The summed E-state index contributed by atoms with van der Waals surface area (Å²) in [6, 6.07) is 19.8. The van der Waals surface area contributed by atoms with Crippen LogP contribution in [0.3, 0.4) is 0 Å². The van der Waals surface area contributed by atoms with Gasteiger partial charge in [-0.2, -0.15) is 0 Å². The zero-order chi connectivity index (χ0) is 17.8. The molecule has 127 valence electrons. The Bertz CT molecular complexity index is 841. The van der Waals surface area contributed by atoms with Gasteiger partial charge in [0, 0.05) is 12.6 Å². The summed E-state index contributed by atoms with van der Waals surface area (Å²) in [7, 11) is 0. The molecule has 0 bridgehead atoms. The lowest BCUT2D eigenvalue weighted by atomic mass is 10.1. The van der Waals surface area contributed by atoms with Crippen LogP contribution in [0.2, 0.25) is 0 Å². The van der Waals surface area contributed by atoms with Gasteiger partial charge in [-0.15, -0.1) is 11.3 Å². The van der Waals surface area contributed by atoms with Gasteiger partial charge >= 0.3 is 0 Å². The number of benzene rings is 2. The lowest BCUT2D eigenvalue weighted by Gasteiger charge is -2.26. The number of carbonyl (C=O) groups excluding carboxylic acids is 1. The topological polar surface area (TPSA) is 33.2 Å². The second-order valence-corrected chi connectivity index (χ2v) is 7.25. The number of hydrogen-bond donors (Lipinski definition) is 0. The monoisotopic (exact) mass is 349 g/mol. The fourth-order valence-corrected chi connectivity index (χ4v) is 3.62. The number of rotatable bonds is 5. The first-order valence-corrected chi connectivity index (χ1v) is 9.08. The van der Waals surface area contributed by atoms with E-state index in [4.69, 9.17) is 0 Å². The smallest absolute Gasteiger partial charge is 0.274 e. The molecule has 0 unspecified atom stereocenters. The Hall–Kier alpha value is -2.46. The van der Waals surface area contributed by atoms with Crippen molar-refractivity contribution in [2.24, 2.45) is 0 Å². The first-order valence-electron chi connectivity index (χ1n) is 8.27. The van der Waals surface area contributed by atoms with Crippen LogP contribution < -0.4 is 0 Å². The number of aryl methyl sites for hydroxylation is 1. The standard InChI is InChI=1S/C21H21N2OS/c1-15(2)23(14-17-10-6-4-7-11-17)21(24)19-20(25-16(3)22-19)18-12-8-5-9-13-18/h4-13,15H,1,14H2,2-3H3/t15-/m1/s1. The van der Waals surface area contributed by atoms with Crippen LogP contribution in [0.15, 0.2) is 60.7 Å². The molecule has 0 saturated carbocycles. The van der Waals surface area contributed by atoms with Crippen LogP contribution in [0.1, 0.15) is 28.0 Å². The molecule has 1 heterocycles. The summed E-state index contributed by atoms with van der Waals surface area (Å²) in [5.74, 6) is -0.0745. The molecule has 0 saturated heterocycles. The fraction of sp³-hybridized carbons (Fsp3) is 0.190. The number of aromatic nitrogens is 1. The summed E-state index contributed by atoms with van der Waals surface area (Å²) in [5, 5.41) is 0.888. The second-order valence-electron chi connectivity index (χ2n) is 6.04. The van der Waals surface area contributed by atoms with E-state index in [1.54, 1.807) is 16.2 Å². The Balaban J connectivity index is 1.96. The van der Waals surface area contributed by atoms with E-state index in [2.05, 4.69) is 11.9 Å². The van der Waals surface area contributed by atoms with Gasteiger partial charge < -0.3 is 4.90 Å². The zero-order valence-corrected chi connectivity index (χ0v) is 15.3. The highest BCUT2D eigenvalue weighted by molar-refractivity contribution is 7.15. The Morgan fingerprint density at radius 2 is 1.72 bits per heavy atom. The van der Waals surface area contributed by atoms with Gasteiger partial charge in [-0.05, 0) is 31.9 Å². The second kappa shape index (κ2) is 7.62. The quantitative estimate of drug-likeness (QED) is 0.650. The molecule has 3 rings (SSSR count). The molecule has 0 N–H and O–H groups in total. The maximum absolute atomic E-state index is 13.2. The van der Waals surface area contributed by atoms with Crippen molar-refractivity contribution in [3.8, 4) is 10.4 Å². The molecule has 0 aliphatic carbocycles. The molecule has 3 aromatic rings. The molecule has 0 aliphatic rings. The highest BCUT2D eigenvalue weighted by atomic mass is 32.1. The van der Waals surface area contributed by atoms with E-state index in [-0.39, 0.29) is 11.9 Å². The average molecular weight is 349 g/mol. The van der Waals surface area contributed by atoms with Crippen molar-refractivity contribution in [3.05, 3.63) is 83.9 Å². The minimum Gasteiger partial charge on any atom is -0.330 e. The molecule has 1 radical (unpaired) electrons. The van der Waals surface area contributed by atoms with Gasteiger partial charge in [-0.1, -0.05) is 60.7 Å². The van der Waals surface area contributed by atoms with Crippen LogP contribution in [0.25, 0.3) is 10.4 Å². The van der Waals surface area contributed by atoms with E-state index in [9.17, 15) is 4.79 Å². The molecule has 0 aliphatic heterocycles. The maximum Gasteiger partial charge on any atom is 0.274 e. The SMILES string of the molecule is [CH2][C@H](C)N(Cc1ccccc1)C(=O)c1nc(C)sc1-c1ccccc1. The van der Waals surface area contributed by atoms with Gasteiger partial charge in [0.1, 0.15) is 5.69 Å². The predicted molar refractivity (Wildman–Crippen MR) is 103 cm³/mol. The first kappa shape index (κ1) is 17.4. The molecular formula is C21H21N2OS. The van der Waals surface area contributed by atoms with E-state index in [1.165, 1.54) is 0 Å². The van der Waals surface area contributed by atoms with E-state index < -0.39 is 0 Å². The van der Waals surface area contributed by atoms with Gasteiger partial charge in [-0.3, -0.25) is 4.79 Å². The van der Waals surface area contributed by atoms with Crippen LogP contribution in [0, 0.1) is 13.8 Å². The average Bonchev–Trinajstić information content (AvgIpc) is 3.02.